The van der Waals surface area contributed by atoms with Gasteiger partial charge in [0.05, 0.1) is 11.6 Å². The average molecular weight is 254 g/mol. The predicted octanol–water partition coefficient (Wildman–Crippen LogP) is 2.66. The fourth-order valence-corrected chi connectivity index (χ4v) is 1.58. The van der Waals surface area contributed by atoms with E-state index >= 15 is 0 Å². The van der Waals surface area contributed by atoms with E-state index in [1.54, 1.807) is 24.3 Å². The highest BCUT2D eigenvalue weighted by Gasteiger charge is 2.09. The molecule has 2 N–H and O–H groups in total. The molecule has 0 fully saturated rings. The number of nitrogens with one attached hydrogen (secondary N) is 2. The first kappa shape index (κ1) is 12.8. The molecule has 0 saturated heterocycles. The zero-order valence-electron chi connectivity index (χ0n) is 10.8. The highest BCUT2D eigenvalue weighted by molar-refractivity contribution is 6.03. The molecule has 0 aliphatic rings. The summed E-state index contributed by atoms with van der Waals surface area (Å²) in [5.74, 6) is 0.581. The summed E-state index contributed by atoms with van der Waals surface area (Å²) in [6.45, 7) is 4.08. The minimum atomic E-state index is -0.244. The van der Waals surface area contributed by atoms with Crippen LogP contribution >= 0.6 is 0 Å². The molecule has 1 amide bonds. The Morgan fingerprint density at radius 2 is 2.05 bits per heavy atom. The van der Waals surface area contributed by atoms with Gasteiger partial charge in [-0.05, 0) is 30.2 Å². The zero-order chi connectivity index (χ0) is 13.8. The van der Waals surface area contributed by atoms with E-state index in [0.717, 1.165) is 5.69 Å². The van der Waals surface area contributed by atoms with Crippen LogP contribution in [0.15, 0.2) is 30.3 Å². The lowest BCUT2D eigenvalue weighted by Crippen LogP contribution is -2.12. The third-order valence-electron chi connectivity index (χ3n) is 2.74. The van der Waals surface area contributed by atoms with Crippen LogP contribution in [0.1, 0.15) is 41.4 Å². The molecule has 2 aromatic rings. The molecule has 96 valence electrons. The minimum absolute atomic E-state index is 0.244. The second-order valence-corrected chi connectivity index (χ2v) is 4.51. The molecule has 5 nitrogen and oxygen atoms in total. The first-order valence-corrected chi connectivity index (χ1v) is 5.97. The number of carbonyl (C=O) groups excluding carboxylic acids is 1. The van der Waals surface area contributed by atoms with E-state index in [9.17, 15) is 4.79 Å². The number of carbonyl (C=O) groups is 1. The third-order valence-corrected chi connectivity index (χ3v) is 2.74. The highest BCUT2D eigenvalue weighted by Crippen LogP contribution is 2.15. The van der Waals surface area contributed by atoms with Gasteiger partial charge in [-0.15, -0.1) is 0 Å². The standard InChI is InChI=1S/C14H14N4O/c1-9(2)12-7-13(18-17-12)16-14(19)11-5-3-10(8-15)4-6-11/h3-7,9H,1-2H3,(H2,16,17,18,19). The number of hydrogen-bond acceptors (Lipinski definition) is 3. The maximum absolute atomic E-state index is 11.9. The number of nitriles is 1. The number of aromatic nitrogens is 2. The molecule has 19 heavy (non-hydrogen) atoms. The van der Waals surface area contributed by atoms with Gasteiger partial charge in [-0.2, -0.15) is 10.4 Å². The summed E-state index contributed by atoms with van der Waals surface area (Å²) >= 11 is 0. The number of nitrogens with zero attached hydrogens (tertiary/aromatic N) is 2. The Balaban J connectivity index is 2.09. The number of hydrogen-bond donors (Lipinski definition) is 2. The van der Waals surface area contributed by atoms with E-state index in [-0.39, 0.29) is 5.91 Å². The summed E-state index contributed by atoms with van der Waals surface area (Å²) in [4.78, 5) is 11.9. The van der Waals surface area contributed by atoms with Gasteiger partial charge >= 0.3 is 0 Å². The van der Waals surface area contributed by atoms with Crippen LogP contribution in [0.25, 0.3) is 0 Å². The first-order valence-electron chi connectivity index (χ1n) is 5.97. The molecular formula is C14H14N4O. The Morgan fingerprint density at radius 1 is 1.37 bits per heavy atom. The Morgan fingerprint density at radius 3 is 2.58 bits per heavy atom. The van der Waals surface area contributed by atoms with Crippen molar-refractivity contribution in [2.75, 3.05) is 5.32 Å². The van der Waals surface area contributed by atoms with Gasteiger partial charge in [-0.3, -0.25) is 9.89 Å². The van der Waals surface area contributed by atoms with Crippen LogP contribution in [-0.4, -0.2) is 16.1 Å². The summed E-state index contributed by atoms with van der Waals surface area (Å²) in [7, 11) is 0. The Labute approximate surface area is 111 Å². The van der Waals surface area contributed by atoms with Crippen molar-refractivity contribution in [2.45, 2.75) is 19.8 Å². The van der Waals surface area contributed by atoms with Crippen LogP contribution in [0.4, 0.5) is 5.82 Å². The number of H-pyrrole nitrogens is 1. The Kier molecular flexibility index (Phi) is 3.62. The van der Waals surface area contributed by atoms with Crippen LogP contribution < -0.4 is 5.32 Å². The van der Waals surface area contributed by atoms with Gasteiger partial charge < -0.3 is 5.32 Å². The van der Waals surface area contributed by atoms with Crippen molar-refractivity contribution >= 4 is 11.7 Å². The number of amides is 1. The molecule has 0 atom stereocenters. The van der Waals surface area contributed by atoms with Crippen molar-refractivity contribution in [3.05, 3.63) is 47.2 Å². The molecule has 0 unspecified atom stereocenters. The molecule has 2 rings (SSSR count). The van der Waals surface area contributed by atoms with Gasteiger partial charge in [0, 0.05) is 17.3 Å². The third kappa shape index (κ3) is 2.99. The molecule has 0 radical (unpaired) electrons. The maximum Gasteiger partial charge on any atom is 0.256 e. The van der Waals surface area contributed by atoms with Crippen molar-refractivity contribution in [2.24, 2.45) is 0 Å². The van der Waals surface area contributed by atoms with E-state index in [2.05, 4.69) is 15.5 Å². The van der Waals surface area contributed by atoms with Crippen LogP contribution in [0.2, 0.25) is 0 Å². The van der Waals surface area contributed by atoms with Crippen LogP contribution in [0, 0.1) is 11.3 Å². The number of benzene rings is 1. The molecule has 0 spiro atoms. The molecule has 1 heterocycles. The number of rotatable bonds is 3. The van der Waals surface area contributed by atoms with Crippen molar-refractivity contribution in [1.82, 2.24) is 10.2 Å². The minimum Gasteiger partial charge on any atom is -0.305 e. The van der Waals surface area contributed by atoms with E-state index in [4.69, 9.17) is 5.26 Å². The monoisotopic (exact) mass is 254 g/mol. The maximum atomic E-state index is 11.9. The van der Waals surface area contributed by atoms with Gasteiger partial charge in [0.25, 0.3) is 5.91 Å². The Bertz CT molecular complexity index is 620. The molecule has 0 aliphatic carbocycles. The molecule has 5 heteroatoms. The summed E-state index contributed by atoms with van der Waals surface area (Å²) in [5, 5.41) is 18.3. The van der Waals surface area contributed by atoms with Crippen LogP contribution in [0.5, 0.6) is 0 Å². The van der Waals surface area contributed by atoms with Crippen LogP contribution in [-0.2, 0) is 0 Å². The molecule has 0 saturated carbocycles. The SMILES string of the molecule is CC(C)c1cc(NC(=O)c2ccc(C#N)cc2)n[nH]1. The molecule has 1 aromatic heterocycles. The van der Waals surface area contributed by atoms with E-state index in [1.165, 1.54) is 0 Å². The van der Waals surface area contributed by atoms with E-state index < -0.39 is 0 Å². The fourth-order valence-electron chi connectivity index (χ4n) is 1.58. The quantitative estimate of drug-likeness (QED) is 0.883. The topological polar surface area (TPSA) is 81.6 Å². The van der Waals surface area contributed by atoms with Gasteiger partial charge in [0.1, 0.15) is 0 Å². The molecule has 0 aliphatic heterocycles. The van der Waals surface area contributed by atoms with Gasteiger partial charge in [-0.1, -0.05) is 13.8 Å². The highest BCUT2D eigenvalue weighted by atomic mass is 16.1. The predicted molar refractivity (Wildman–Crippen MR) is 71.8 cm³/mol. The van der Waals surface area contributed by atoms with E-state index in [1.807, 2.05) is 26.0 Å². The van der Waals surface area contributed by atoms with Gasteiger partial charge in [-0.25, -0.2) is 0 Å². The number of anilines is 1. The lowest BCUT2D eigenvalue weighted by Gasteiger charge is -2.01. The Hall–Kier alpha value is -2.61. The molecular weight excluding hydrogens is 240 g/mol. The van der Waals surface area contributed by atoms with Crippen LogP contribution in [0.3, 0.4) is 0 Å². The molecule has 0 bridgehead atoms. The zero-order valence-corrected chi connectivity index (χ0v) is 10.8. The first-order chi connectivity index (χ1) is 9.10. The second kappa shape index (κ2) is 5.36. The normalized spacial score (nSPS) is 10.2. The number of aromatic amines is 1. The summed E-state index contributed by atoms with van der Waals surface area (Å²) < 4.78 is 0. The van der Waals surface area contributed by atoms with Gasteiger partial charge in [0.2, 0.25) is 0 Å². The summed E-state index contributed by atoms with van der Waals surface area (Å²) in [6, 6.07) is 10.3. The van der Waals surface area contributed by atoms with E-state index in [0.29, 0.717) is 22.9 Å². The summed E-state index contributed by atoms with van der Waals surface area (Å²) in [5.41, 5.74) is 1.99. The largest absolute Gasteiger partial charge is 0.305 e. The fraction of sp³-hybridized carbons (Fsp3) is 0.214. The van der Waals surface area contributed by atoms with Crippen molar-refractivity contribution in [3.8, 4) is 6.07 Å². The second-order valence-electron chi connectivity index (χ2n) is 4.51. The molecule has 1 aromatic carbocycles. The van der Waals surface area contributed by atoms with Crippen molar-refractivity contribution < 1.29 is 4.79 Å². The van der Waals surface area contributed by atoms with Gasteiger partial charge in [0.15, 0.2) is 5.82 Å². The lowest BCUT2D eigenvalue weighted by molar-refractivity contribution is 0.102. The smallest absolute Gasteiger partial charge is 0.256 e. The summed E-state index contributed by atoms with van der Waals surface area (Å²) in [6.07, 6.45) is 0. The average Bonchev–Trinajstić information content (AvgIpc) is 2.87. The lowest BCUT2D eigenvalue weighted by atomic mass is 10.1. The van der Waals surface area contributed by atoms with Crippen molar-refractivity contribution in [1.29, 1.82) is 5.26 Å². The van der Waals surface area contributed by atoms with Crippen molar-refractivity contribution in [3.63, 3.8) is 0 Å².